The van der Waals surface area contributed by atoms with E-state index in [2.05, 4.69) is 0 Å². The molecule has 36 heavy (non-hydrogen) atoms. The number of carbonyl (C=O) groups is 3. The van der Waals surface area contributed by atoms with E-state index in [0.29, 0.717) is 13.0 Å². The van der Waals surface area contributed by atoms with Gasteiger partial charge in [0, 0.05) is 12.6 Å². The van der Waals surface area contributed by atoms with Crippen LogP contribution < -0.4 is 0 Å². The van der Waals surface area contributed by atoms with E-state index in [1.54, 1.807) is 4.90 Å². The molecule has 5 rings (SSSR count). The van der Waals surface area contributed by atoms with Gasteiger partial charge in [0.15, 0.2) is 0 Å². The third kappa shape index (κ3) is 3.74. The number of fused-ring (bicyclic) bond motifs is 2. The average Bonchev–Trinajstić information content (AvgIpc) is 3.19. The number of hydrogen-bond donors (Lipinski definition) is 1. The van der Waals surface area contributed by atoms with Gasteiger partial charge < -0.3 is 24.4 Å². The predicted molar refractivity (Wildman–Crippen MR) is 133 cm³/mol. The fourth-order valence-corrected chi connectivity index (χ4v) is 7.34. The fraction of sp³-hybridized carbons (Fsp3) is 0.750. The van der Waals surface area contributed by atoms with Crippen LogP contribution in [0.15, 0.2) is 24.3 Å². The summed E-state index contributed by atoms with van der Waals surface area (Å²) < 4.78 is 12.4. The summed E-state index contributed by atoms with van der Waals surface area (Å²) in [5.74, 6) is -2.71. The SMILES string of the molecule is CC[C@H](C)[C@H](CO)N1C(=O)[C@@H]2[C@@H]3C(=O)OCCC=C[C@]3(C)O[C@@]23C=CCN(C2CCCCC2)C(=O)C13. The Labute approximate surface area is 213 Å². The molecule has 8 nitrogen and oxygen atoms in total. The number of esters is 1. The number of carbonyl (C=O) groups excluding carboxylic acids is 3. The molecule has 5 aliphatic rings. The van der Waals surface area contributed by atoms with Crippen LogP contribution in [0.2, 0.25) is 0 Å². The van der Waals surface area contributed by atoms with Crippen LogP contribution in [0.1, 0.15) is 65.7 Å². The molecule has 0 aromatic rings. The van der Waals surface area contributed by atoms with Gasteiger partial charge in [0.2, 0.25) is 11.8 Å². The van der Waals surface area contributed by atoms with Gasteiger partial charge in [-0.3, -0.25) is 14.4 Å². The lowest BCUT2D eigenvalue weighted by Gasteiger charge is -2.43. The van der Waals surface area contributed by atoms with Gasteiger partial charge in [0.1, 0.15) is 17.6 Å². The van der Waals surface area contributed by atoms with E-state index in [0.717, 1.165) is 32.1 Å². The number of aliphatic hydroxyl groups excluding tert-OH is 1. The van der Waals surface area contributed by atoms with Crippen molar-refractivity contribution in [3.05, 3.63) is 24.3 Å². The van der Waals surface area contributed by atoms with Gasteiger partial charge in [-0.1, -0.05) is 63.8 Å². The number of aliphatic hydroxyl groups is 1. The number of ether oxygens (including phenoxy) is 2. The van der Waals surface area contributed by atoms with Crippen molar-refractivity contribution in [1.29, 1.82) is 0 Å². The van der Waals surface area contributed by atoms with Gasteiger partial charge in [0.25, 0.3) is 0 Å². The quantitative estimate of drug-likeness (QED) is 0.461. The molecule has 0 radical (unpaired) electrons. The number of hydrogen-bond acceptors (Lipinski definition) is 6. The summed E-state index contributed by atoms with van der Waals surface area (Å²) in [6, 6.07) is -1.37. The maximum Gasteiger partial charge on any atom is 0.313 e. The molecule has 1 aliphatic carbocycles. The Hall–Kier alpha value is -2.19. The molecule has 0 aromatic heterocycles. The maximum atomic E-state index is 14.5. The zero-order valence-electron chi connectivity index (χ0n) is 21.7. The lowest BCUT2D eigenvalue weighted by atomic mass is 9.74. The van der Waals surface area contributed by atoms with E-state index in [1.807, 2.05) is 50.0 Å². The highest BCUT2D eigenvalue weighted by atomic mass is 16.6. The summed E-state index contributed by atoms with van der Waals surface area (Å²) in [6.07, 6.45) is 14.2. The lowest BCUT2D eigenvalue weighted by Crippen LogP contribution is -2.61. The van der Waals surface area contributed by atoms with Crippen LogP contribution in [0.5, 0.6) is 0 Å². The van der Waals surface area contributed by atoms with E-state index in [9.17, 15) is 19.5 Å². The molecule has 0 aromatic carbocycles. The molecule has 7 atom stereocenters. The van der Waals surface area contributed by atoms with Crippen LogP contribution in [0.4, 0.5) is 0 Å². The van der Waals surface area contributed by atoms with E-state index in [4.69, 9.17) is 9.47 Å². The molecule has 1 saturated carbocycles. The first kappa shape index (κ1) is 25.5. The summed E-state index contributed by atoms with van der Waals surface area (Å²) in [4.78, 5) is 45.7. The fourth-order valence-electron chi connectivity index (χ4n) is 7.34. The molecule has 3 fully saturated rings. The first-order chi connectivity index (χ1) is 17.3. The minimum Gasteiger partial charge on any atom is -0.465 e. The predicted octanol–water partition coefficient (Wildman–Crippen LogP) is 2.60. The van der Waals surface area contributed by atoms with Crippen LogP contribution in [0.25, 0.3) is 0 Å². The Bertz CT molecular complexity index is 958. The van der Waals surface area contributed by atoms with Crippen LogP contribution in [0, 0.1) is 17.8 Å². The zero-order chi connectivity index (χ0) is 25.7. The summed E-state index contributed by atoms with van der Waals surface area (Å²) >= 11 is 0. The molecular weight excluding hydrogens is 460 g/mol. The Balaban J connectivity index is 1.65. The highest BCUT2D eigenvalue weighted by molar-refractivity contribution is 5.99. The maximum absolute atomic E-state index is 14.5. The van der Waals surface area contributed by atoms with Crippen molar-refractivity contribution >= 4 is 17.8 Å². The average molecular weight is 501 g/mol. The number of likely N-dealkylation sites (tertiary alicyclic amines) is 1. The first-order valence-corrected chi connectivity index (χ1v) is 13.7. The van der Waals surface area contributed by atoms with Gasteiger partial charge in [-0.2, -0.15) is 0 Å². The molecule has 1 spiro atoms. The molecule has 4 aliphatic heterocycles. The van der Waals surface area contributed by atoms with Gasteiger partial charge in [-0.15, -0.1) is 0 Å². The number of amides is 2. The Morgan fingerprint density at radius 3 is 2.53 bits per heavy atom. The first-order valence-electron chi connectivity index (χ1n) is 13.7. The number of rotatable bonds is 5. The second kappa shape index (κ2) is 9.60. The topological polar surface area (TPSA) is 96.4 Å². The number of cyclic esters (lactones) is 1. The second-order valence-corrected chi connectivity index (χ2v) is 11.4. The van der Waals surface area contributed by atoms with E-state index < -0.39 is 41.1 Å². The van der Waals surface area contributed by atoms with Crippen molar-refractivity contribution in [3.8, 4) is 0 Å². The molecule has 198 valence electrons. The normalized spacial score (nSPS) is 38.6. The van der Waals surface area contributed by atoms with Gasteiger partial charge in [-0.25, -0.2) is 0 Å². The van der Waals surface area contributed by atoms with Crippen molar-refractivity contribution in [1.82, 2.24) is 9.80 Å². The third-order valence-corrected chi connectivity index (χ3v) is 9.35. The largest absolute Gasteiger partial charge is 0.465 e. The van der Waals surface area contributed by atoms with Crippen LogP contribution >= 0.6 is 0 Å². The van der Waals surface area contributed by atoms with E-state index >= 15 is 0 Å². The second-order valence-electron chi connectivity index (χ2n) is 11.4. The third-order valence-electron chi connectivity index (χ3n) is 9.35. The van der Waals surface area contributed by atoms with Crippen molar-refractivity contribution in [2.24, 2.45) is 17.8 Å². The standard InChI is InChI=1S/C28H40N2O6/c1-4-18(2)20(17-31)30-23-25(33)29(19-11-6-5-7-12-19)15-10-14-28(23)21(24(30)32)22-26(34)35-16-9-8-13-27(22,3)36-28/h8,10,13-14,18-23,31H,4-7,9,11-12,15-17H2,1-3H3/t18-,20-,21-,22+,23?,27-,28-/m0/s1. The molecule has 2 saturated heterocycles. The molecular formula is C28H40N2O6. The summed E-state index contributed by atoms with van der Waals surface area (Å²) in [6.45, 7) is 6.27. The number of nitrogens with zero attached hydrogens (tertiary/aromatic N) is 2. The highest BCUT2D eigenvalue weighted by Gasteiger charge is 2.75. The molecule has 8 heteroatoms. The molecule has 1 N–H and O–H groups in total. The summed E-state index contributed by atoms with van der Waals surface area (Å²) in [7, 11) is 0. The minimum absolute atomic E-state index is 0.0337. The smallest absolute Gasteiger partial charge is 0.313 e. The lowest BCUT2D eigenvalue weighted by molar-refractivity contribution is -0.163. The van der Waals surface area contributed by atoms with Crippen molar-refractivity contribution < 1.29 is 29.0 Å². The van der Waals surface area contributed by atoms with Crippen LogP contribution in [-0.4, -0.2) is 81.8 Å². The van der Waals surface area contributed by atoms with Gasteiger partial charge in [-0.05, 0) is 32.1 Å². The van der Waals surface area contributed by atoms with Crippen LogP contribution in [0.3, 0.4) is 0 Å². The van der Waals surface area contributed by atoms with Gasteiger partial charge >= 0.3 is 5.97 Å². The monoisotopic (exact) mass is 500 g/mol. The van der Waals surface area contributed by atoms with Crippen molar-refractivity contribution in [2.75, 3.05) is 19.8 Å². The highest BCUT2D eigenvalue weighted by Crippen LogP contribution is 2.58. The van der Waals surface area contributed by atoms with Gasteiger partial charge in [0.05, 0.1) is 30.8 Å². The minimum atomic E-state index is -1.30. The van der Waals surface area contributed by atoms with E-state index in [-0.39, 0.29) is 37.0 Å². The molecule has 1 unspecified atom stereocenters. The Morgan fingerprint density at radius 1 is 1.08 bits per heavy atom. The Morgan fingerprint density at radius 2 is 1.83 bits per heavy atom. The van der Waals surface area contributed by atoms with Crippen molar-refractivity contribution in [2.45, 2.75) is 95.0 Å². The summed E-state index contributed by atoms with van der Waals surface area (Å²) in [5, 5.41) is 10.5. The van der Waals surface area contributed by atoms with E-state index in [1.165, 1.54) is 6.42 Å². The molecule has 2 amide bonds. The molecule has 4 heterocycles. The van der Waals surface area contributed by atoms with Crippen LogP contribution in [-0.2, 0) is 23.9 Å². The summed E-state index contributed by atoms with van der Waals surface area (Å²) in [5.41, 5.74) is -2.37. The van der Waals surface area contributed by atoms with Crippen molar-refractivity contribution in [3.63, 3.8) is 0 Å². The molecule has 0 bridgehead atoms. The Kier molecular flexibility index (Phi) is 6.79. The zero-order valence-corrected chi connectivity index (χ0v) is 21.7.